The summed E-state index contributed by atoms with van der Waals surface area (Å²) < 4.78 is 0. The van der Waals surface area contributed by atoms with Gasteiger partial charge in [0.1, 0.15) is 5.82 Å². The van der Waals surface area contributed by atoms with E-state index in [4.69, 9.17) is 0 Å². The Morgan fingerprint density at radius 3 is 2.89 bits per heavy atom. The molecule has 3 atom stereocenters. The Labute approximate surface area is 115 Å². The molecule has 4 nitrogen and oxygen atoms in total. The number of carbonyl (C=O) groups excluding carboxylic acids is 1. The van der Waals surface area contributed by atoms with E-state index in [1.165, 1.54) is 12.8 Å². The van der Waals surface area contributed by atoms with Gasteiger partial charge in [-0.15, -0.1) is 0 Å². The topological polar surface area (TPSA) is 54.0 Å². The summed E-state index contributed by atoms with van der Waals surface area (Å²) in [5.41, 5.74) is 0.621. The first kappa shape index (κ1) is 13.8. The lowest BCUT2D eigenvalue weighted by Gasteiger charge is -2.34. The van der Waals surface area contributed by atoms with Crippen molar-refractivity contribution in [1.29, 1.82) is 0 Å². The highest BCUT2D eigenvalue weighted by molar-refractivity contribution is 5.98. The molecule has 19 heavy (non-hydrogen) atoms. The van der Waals surface area contributed by atoms with Crippen LogP contribution in [-0.4, -0.2) is 24.0 Å². The van der Waals surface area contributed by atoms with Crippen LogP contribution in [-0.2, 0) is 0 Å². The van der Waals surface area contributed by atoms with Crippen molar-refractivity contribution in [2.24, 2.45) is 11.8 Å². The second-order valence-electron chi connectivity index (χ2n) is 5.50. The molecule has 1 saturated carbocycles. The molecule has 1 fully saturated rings. The average Bonchev–Trinajstić information content (AvgIpc) is 2.43. The number of anilines is 1. The number of rotatable bonds is 3. The Balaban J connectivity index is 2.08. The molecule has 0 saturated heterocycles. The fraction of sp³-hybridized carbons (Fsp3) is 0.600. The molecule has 1 aliphatic rings. The van der Waals surface area contributed by atoms with Gasteiger partial charge in [0.05, 0.1) is 5.56 Å². The van der Waals surface area contributed by atoms with Gasteiger partial charge in [-0.3, -0.25) is 4.79 Å². The number of hydrogen-bond donors (Lipinski definition) is 2. The van der Waals surface area contributed by atoms with Crippen LogP contribution >= 0.6 is 0 Å². The summed E-state index contributed by atoms with van der Waals surface area (Å²) in [7, 11) is 1.78. The zero-order valence-electron chi connectivity index (χ0n) is 11.9. The molecule has 104 valence electrons. The van der Waals surface area contributed by atoms with Gasteiger partial charge in [0.2, 0.25) is 0 Å². The van der Waals surface area contributed by atoms with Crippen LogP contribution < -0.4 is 10.6 Å². The first-order valence-corrected chi connectivity index (χ1v) is 7.07. The van der Waals surface area contributed by atoms with Crippen LogP contribution in [0.4, 0.5) is 5.82 Å². The van der Waals surface area contributed by atoms with Crippen molar-refractivity contribution >= 4 is 11.7 Å². The maximum atomic E-state index is 12.4. The number of amides is 1. The van der Waals surface area contributed by atoms with Gasteiger partial charge in [-0.25, -0.2) is 4.98 Å². The summed E-state index contributed by atoms with van der Waals surface area (Å²) in [5, 5.41) is 6.13. The van der Waals surface area contributed by atoms with E-state index in [0.717, 1.165) is 6.42 Å². The maximum absolute atomic E-state index is 12.4. The van der Waals surface area contributed by atoms with E-state index in [0.29, 0.717) is 23.2 Å². The van der Waals surface area contributed by atoms with Crippen LogP contribution in [0.15, 0.2) is 18.3 Å². The Hall–Kier alpha value is -1.58. The summed E-state index contributed by atoms with van der Waals surface area (Å²) in [6, 6.07) is 3.88. The zero-order chi connectivity index (χ0) is 13.8. The second kappa shape index (κ2) is 6.04. The Morgan fingerprint density at radius 1 is 1.37 bits per heavy atom. The lowest BCUT2D eigenvalue weighted by molar-refractivity contribution is 0.0891. The molecule has 1 heterocycles. The van der Waals surface area contributed by atoms with Crippen molar-refractivity contribution < 1.29 is 4.79 Å². The quantitative estimate of drug-likeness (QED) is 0.879. The number of aromatic nitrogens is 1. The minimum absolute atomic E-state index is 0.0246. The third kappa shape index (κ3) is 3.06. The second-order valence-corrected chi connectivity index (χ2v) is 5.50. The SMILES string of the molecule is CNc1ncccc1C(=O)NC1CCCC(C)C1C. The number of hydrogen-bond acceptors (Lipinski definition) is 3. The smallest absolute Gasteiger partial charge is 0.255 e. The van der Waals surface area contributed by atoms with Gasteiger partial charge in [-0.2, -0.15) is 0 Å². The van der Waals surface area contributed by atoms with Gasteiger partial charge in [-0.1, -0.05) is 26.7 Å². The normalized spacial score (nSPS) is 26.8. The van der Waals surface area contributed by atoms with Crippen LogP contribution in [0.1, 0.15) is 43.5 Å². The van der Waals surface area contributed by atoms with Gasteiger partial charge in [-0.05, 0) is 30.4 Å². The Kier molecular flexibility index (Phi) is 4.40. The molecule has 0 bridgehead atoms. The van der Waals surface area contributed by atoms with Gasteiger partial charge in [0.15, 0.2) is 0 Å². The van der Waals surface area contributed by atoms with E-state index >= 15 is 0 Å². The molecule has 0 aromatic carbocycles. The predicted octanol–water partition coefficient (Wildman–Crippen LogP) is 2.68. The standard InChI is InChI=1S/C15H23N3O/c1-10-6-4-8-13(11(10)2)18-15(19)12-7-5-9-17-14(12)16-3/h5,7,9-11,13H,4,6,8H2,1-3H3,(H,16,17)(H,18,19). The van der Waals surface area contributed by atoms with E-state index in [1.54, 1.807) is 19.3 Å². The molecule has 1 amide bonds. The molecular weight excluding hydrogens is 238 g/mol. The third-order valence-corrected chi connectivity index (χ3v) is 4.31. The van der Waals surface area contributed by atoms with Crippen molar-refractivity contribution in [3.8, 4) is 0 Å². The number of pyridine rings is 1. The summed E-state index contributed by atoms with van der Waals surface area (Å²) in [6.07, 6.45) is 5.23. The average molecular weight is 261 g/mol. The molecule has 2 rings (SSSR count). The molecular formula is C15H23N3O. The van der Waals surface area contributed by atoms with Crippen molar-refractivity contribution in [2.45, 2.75) is 39.2 Å². The van der Waals surface area contributed by atoms with Crippen molar-refractivity contribution in [3.05, 3.63) is 23.9 Å². The van der Waals surface area contributed by atoms with Crippen LogP contribution in [0.3, 0.4) is 0 Å². The van der Waals surface area contributed by atoms with Gasteiger partial charge < -0.3 is 10.6 Å². The van der Waals surface area contributed by atoms with Crippen LogP contribution in [0.2, 0.25) is 0 Å². The minimum Gasteiger partial charge on any atom is -0.372 e. The van der Waals surface area contributed by atoms with Crippen molar-refractivity contribution in [1.82, 2.24) is 10.3 Å². The van der Waals surface area contributed by atoms with Gasteiger partial charge >= 0.3 is 0 Å². The Bertz CT molecular complexity index is 447. The van der Waals surface area contributed by atoms with E-state index in [2.05, 4.69) is 29.5 Å². The van der Waals surface area contributed by atoms with Crippen molar-refractivity contribution in [3.63, 3.8) is 0 Å². The highest BCUT2D eigenvalue weighted by Gasteiger charge is 2.28. The fourth-order valence-corrected chi connectivity index (χ4v) is 2.82. The monoisotopic (exact) mass is 261 g/mol. The molecule has 3 unspecified atom stereocenters. The van der Waals surface area contributed by atoms with E-state index in [-0.39, 0.29) is 11.9 Å². The summed E-state index contributed by atoms with van der Waals surface area (Å²) >= 11 is 0. The highest BCUT2D eigenvalue weighted by Crippen LogP contribution is 2.29. The van der Waals surface area contributed by atoms with Gasteiger partial charge in [0, 0.05) is 19.3 Å². The summed E-state index contributed by atoms with van der Waals surface area (Å²) in [6.45, 7) is 4.50. The number of carbonyl (C=O) groups is 1. The molecule has 0 spiro atoms. The number of nitrogens with zero attached hydrogens (tertiary/aromatic N) is 1. The summed E-state index contributed by atoms with van der Waals surface area (Å²) in [4.78, 5) is 16.5. The first-order chi connectivity index (χ1) is 9.13. The fourth-order valence-electron chi connectivity index (χ4n) is 2.82. The van der Waals surface area contributed by atoms with Crippen LogP contribution in [0.5, 0.6) is 0 Å². The predicted molar refractivity (Wildman–Crippen MR) is 77.2 cm³/mol. The van der Waals surface area contributed by atoms with E-state index < -0.39 is 0 Å². The van der Waals surface area contributed by atoms with Crippen LogP contribution in [0, 0.1) is 11.8 Å². The third-order valence-electron chi connectivity index (χ3n) is 4.31. The largest absolute Gasteiger partial charge is 0.372 e. The van der Waals surface area contributed by atoms with Gasteiger partial charge in [0.25, 0.3) is 5.91 Å². The zero-order valence-corrected chi connectivity index (χ0v) is 11.9. The van der Waals surface area contributed by atoms with Crippen molar-refractivity contribution in [2.75, 3.05) is 12.4 Å². The lowest BCUT2D eigenvalue weighted by Crippen LogP contribution is -2.43. The molecule has 1 aromatic rings. The maximum Gasteiger partial charge on any atom is 0.255 e. The Morgan fingerprint density at radius 2 is 2.16 bits per heavy atom. The number of nitrogens with one attached hydrogen (secondary N) is 2. The highest BCUT2D eigenvalue weighted by atomic mass is 16.1. The van der Waals surface area contributed by atoms with E-state index in [1.807, 2.05) is 6.07 Å². The molecule has 0 radical (unpaired) electrons. The lowest BCUT2D eigenvalue weighted by atomic mass is 9.78. The first-order valence-electron chi connectivity index (χ1n) is 7.07. The summed E-state index contributed by atoms with van der Waals surface area (Å²) in [5.74, 6) is 1.82. The minimum atomic E-state index is -0.0246. The molecule has 1 aromatic heterocycles. The molecule has 4 heteroatoms. The molecule has 0 aliphatic heterocycles. The van der Waals surface area contributed by atoms with E-state index in [9.17, 15) is 4.79 Å². The molecule has 1 aliphatic carbocycles. The molecule has 2 N–H and O–H groups in total. The van der Waals surface area contributed by atoms with Crippen LogP contribution in [0.25, 0.3) is 0 Å².